The molecule has 4 aromatic carbocycles. The van der Waals surface area contributed by atoms with Crippen LogP contribution in [0.3, 0.4) is 0 Å². The molecule has 0 saturated heterocycles. The van der Waals surface area contributed by atoms with Gasteiger partial charge in [-0.05, 0) is 87.3 Å². The maximum absolute atomic E-state index is 13.9. The zero-order chi connectivity index (χ0) is 41.0. The Bertz CT molecular complexity index is 2190. The van der Waals surface area contributed by atoms with Gasteiger partial charge in [-0.1, -0.05) is 73.5 Å². The van der Waals surface area contributed by atoms with Gasteiger partial charge in [-0.25, -0.2) is 9.59 Å². The van der Waals surface area contributed by atoms with Crippen molar-refractivity contribution in [3.63, 3.8) is 0 Å². The molecule has 6 aromatic rings. The quantitative estimate of drug-likeness (QED) is 0.0319. The Morgan fingerprint density at radius 1 is 0.552 bits per heavy atom. The maximum Gasteiger partial charge on any atom is 0.354 e. The third kappa shape index (κ3) is 10.4. The maximum atomic E-state index is 13.9. The molecular weight excluding hydrogens is 737 g/mol. The van der Waals surface area contributed by atoms with Gasteiger partial charge in [0, 0.05) is 35.0 Å². The molecule has 0 aliphatic rings. The number of nitrogens with one attached hydrogen (secondary N) is 2. The molecule has 58 heavy (non-hydrogen) atoms. The van der Waals surface area contributed by atoms with Gasteiger partial charge < -0.3 is 29.7 Å². The van der Waals surface area contributed by atoms with E-state index in [2.05, 4.69) is 19.8 Å². The molecule has 302 valence electrons. The molecule has 12 nitrogen and oxygen atoms in total. The van der Waals surface area contributed by atoms with E-state index in [0.29, 0.717) is 59.1 Å². The van der Waals surface area contributed by atoms with Crippen LogP contribution in [0.15, 0.2) is 97.1 Å². The van der Waals surface area contributed by atoms with E-state index in [1.165, 1.54) is 12.1 Å². The molecule has 2 heterocycles. The standard InChI is InChI=1S/C46H50N4O8/c1-3-57-45(55)37-25-35-33(19-21-39(51)43(35)47-37)41(53)29-49(27-31-15-9-7-10-16-31)23-13-5-6-14-24-50(28-32-17-11-8-12-18-32)30-42(54)34-20-22-40(52)44-36(34)26-38(48-44)46(56)58-4-2/h7-12,15-22,25-26,47-48,51-52H,3-6,13-14,23-24,27-30H2,1-2H3. The number of unbranched alkanes of at least 4 members (excludes halogenated alkanes) is 3. The van der Waals surface area contributed by atoms with Crippen LogP contribution in [0.25, 0.3) is 21.8 Å². The van der Waals surface area contributed by atoms with Gasteiger partial charge in [-0.3, -0.25) is 19.4 Å². The number of carbonyl (C=O) groups excluding carboxylic acids is 4. The first-order valence-corrected chi connectivity index (χ1v) is 19.8. The first-order chi connectivity index (χ1) is 28.1. The fourth-order valence-electron chi connectivity index (χ4n) is 7.24. The summed E-state index contributed by atoms with van der Waals surface area (Å²) in [6.45, 7) is 6.63. The Morgan fingerprint density at radius 3 is 1.33 bits per heavy atom. The van der Waals surface area contributed by atoms with E-state index in [1.807, 2.05) is 60.7 Å². The molecule has 0 aliphatic carbocycles. The monoisotopic (exact) mass is 786 g/mol. The van der Waals surface area contributed by atoms with Crippen molar-refractivity contribution >= 4 is 45.3 Å². The number of phenols is 2. The molecule has 0 saturated carbocycles. The van der Waals surface area contributed by atoms with E-state index in [1.54, 1.807) is 38.1 Å². The predicted octanol–water partition coefficient (Wildman–Crippen LogP) is 8.04. The number of rotatable bonds is 21. The number of hydrogen-bond donors (Lipinski definition) is 4. The largest absolute Gasteiger partial charge is 0.506 e. The van der Waals surface area contributed by atoms with Crippen LogP contribution in [0.1, 0.15) is 92.4 Å². The number of fused-ring (bicyclic) bond motifs is 2. The van der Waals surface area contributed by atoms with Gasteiger partial charge in [-0.15, -0.1) is 0 Å². The number of carbonyl (C=O) groups is 4. The number of phenolic OH excluding ortho intramolecular Hbond substituents is 2. The molecule has 0 aliphatic heterocycles. The molecule has 0 atom stereocenters. The molecule has 0 spiro atoms. The molecule has 0 unspecified atom stereocenters. The second-order valence-electron chi connectivity index (χ2n) is 14.3. The van der Waals surface area contributed by atoms with E-state index in [0.717, 1.165) is 36.8 Å². The van der Waals surface area contributed by atoms with Gasteiger partial charge in [0.25, 0.3) is 0 Å². The SMILES string of the molecule is CCOC(=O)c1cc2c(C(=O)CN(CCCCCCN(CC(=O)c3ccc(O)c4[nH]c(C(=O)OCC)cc34)Cc3ccccc3)Cc3ccccc3)ccc(O)c2[nH]1. The van der Waals surface area contributed by atoms with Crippen molar-refractivity contribution in [2.45, 2.75) is 52.6 Å². The molecule has 2 aromatic heterocycles. The Morgan fingerprint density at radius 2 is 0.948 bits per heavy atom. The zero-order valence-corrected chi connectivity index (χ0v) is 33.0. The molecule has 4 N–H and O–H groups in total. The smallest absolute Gasteiger partial charge is 0.354 e. The third-order valence-corrected chi connectivity index (χ3v) is 10.1. The molecule has 0 amide bonds. The second kappa shape index (κ2) is 19.8. The van der Waals surface area contributed by atoms with Crippen molar-refractivity contribution in [1.29, 1.82) is 0 Å². The van der Waals surface area contributed by atoms with Gasteiger partial charge in [0.15, 0.2) is 11.6 Å². The Balaban J connectivity index is 1.09. The normalized spacial score (nSPS) is 11.4. The summed E-state index contributed by atoms with van der Waals surface area (Å²) in [5, 5.41) is 21.9. The fourth-order valence-corrected chi connectivity index (χ4v) is 7.24. The van der Waals surface area contributed by atoms with Crippen LogP contribution in [0, 0.1) is 0 Å². The minimum absolute atomic E-state index is 0.0575. The number of aromatic hydroxyl groups is 2. The zero-order valence-electron chi connectivity index (χ0n) is 33.0. The lowest BCUT2D eigenvalue weighted by Gasteiger charge is -2.23. The Labute approximate surface area is 337 Å². The van der Waals surface area contributed by atoms with Crippen molar-refractivity contribution in [1.82, 2.24) is 19.8 Å². The van der Waals surface area contributed by atoms with E-state index in [4.69, 9.17) is 9.47 Å². The van der Waals surface area contributed by atoms with Crippen LogP contribution in [0.5, 0.6) is 11.5 Å². The lowest BCUT2D eigenvalue weighted by Crippen LogP contribution is -2.31. The van der Waals surface area contributed by atoms with E-state index in [-0.39, 0.29) is 60.8 Å². The molecule has 0 bridgehead atoms. The highest BCUT2D eigenvalue weighted by atomic mass is 16.5. The van der Waals surface area contributed by atoms with Gasteiger partial charge >= 0.3 is 11.9 Å². The van der Waals surface area contributed by atoms with Gasteiger partial charge in [0.2, 0.25) is 0 Å². The summed E-state index contributed by atoms with van der Waals surface area (Å²) < 4.78 is 10.2. The summed E-state index contributed by atoms with van der Waals surface area (Å²) in [6.07, 6.45) is 3.52. The number of aromatic nitrogens is 2. The molecule has 6 rings (SSSR count). The highest BCUT2D eigenvalue weighted by Gasteiger charge is 2.22. The predicted molar refractivity (Wildman–Crippen MR) is 222 cm³/mol. The number of aromatic amines is 2. The minimum Gasteiger partial charge on any atom is -0.506 e. The average molecular weight is 787 g/mol. The number of H-pyrrole nitrogens is 2. The van der Waals surface area contributed by atoms with Crippen LogP contribution < -0.4 is 0 Å². The first kappa shape index (κ1) is 41.4. The lowest BCUT2D eigenvalue weighted by atomic mass is 10.0. The van der Waals surface area contributed by atoms with Crippen molar-refractivity contribution < 1.29 is 38.9 Å². The van der Waals surface area contributed by atoms with Gasteiger partial charge in [0.05, 0.1) is 37.3 Å². The number of ketones is 2. The first-order valence-electron chi connectivity index (χ1n) is 19.8. The summed E-state index contributed by atoms with van der Waals surface area (Å²) in [5.74, 6) is -1.48. The van der Waals surface area contributed by atoms with E-state index >= 15 is 0 Å². The average Bonchev–Trinajstić information content (AvgIpc) is 3.88. The number of Topliss-reactive ketones (excluding diaryl/α,β-unsaturated/α-hetero) is 2. The fraction of sp³-hybridized carbons (Fsp3) is 0.304. The van der Waals surface area contributed by atoms with Crippen LogP contribution in [-0.2, 0) is 22.6 Å². The Hall–Kier alpha value is -6.24. The highest BCUT2D eigenvalue weighted by molar-refractivity contribution is 6.12. The van der Waals surface area contributed by atoms with Gasteiger partial charge in [-0.2, -0.15) is 0 Å². The number of hydrogen-bond acceptors (Lipinski definition) is 10. The lowest BCUT2D eigenvalue weighted by molar-refractivity contribution is 0.0511. The minimum atomic E-state index is -0.557. The second-order valence-corrected chi connectivity index (χ2v) is 14.3. The highest BCUT2D eigenvalue weighted by Crippen LogP contribution is 2.30. The third-order valence-electron chi connectivity index (χ3n) is 10.1. The topological polar surface area (TPSA) is 165 Å². The van der Waals surface area contributed by atoms with E-state index < -0.39 is 11.9 Å². The molecule has 0 radical (unpaired) electrons. The summed E-state index contributed by atoms with van der Waals surface area (Å²) in [5.41, 5.74) is 3.96. The van der Waals surface area contributed by atoms with Crippen LogP contribution in [0.4, 0.5) is 0 Å². The molecular formula is C46H50N4O8. The van der Waals surface area contributed by atoms with Crippen molar-refractivity contribution in [3.05, 3.63) is 131 Å². The number of esters is 2. The number of ether oxygens (including phenoxy) is 2. The number of nitrogens with zero attached hydrogens (tertiary/aromatic N) is 2. The van der Waals surface area contributed by atoms with Crippen molar-refractivity contribution in [2.24, 2.45) is 0 Å². The van der Waals surface area contributed by atoms with Gasteiger partial charge in [0.1, 0.15) is 22.9 Å². The summed E-state index contributed by atoms with van der Waals surface area (Å²) in [4.78, 5) is 62.6. The summed E-state index contributed by atoms with van der Waals surface area (Å²) >= 11 is 0. The van der Waals surface area contributed by atoms with E-state index in [9.17, 15) is 29.4 Å². The molecule has 0 fully saturated rings. The van der Waals surface area contributed by atoms with Crippen LogP contribution >= 0.6 is 0 Å². The Kier molecular flexibility index (Phi) is 14.1. The molecule has 12 heteroatoms. The summed E-state index contributed by atoms with van der Waals surface area (Å²) in [7, 11) is 0. The van der Waals surface area contributed by atoms with Crippen molar-refractivity contribution in [2.75, 3.05) is 39.4 Å². The van der Waals surface area contributed by atoms with Crippen LogP contribution in [-0.4, -0.2) is 92.9 Å². The van der Waals surface area contributed by atoms with Crippen molar-refractivity contribution in [3.8, 4) is 11.5 Å². The van der Waals surface area contributed by atoms with Crippen LogP contribution in [0.2, 0.25) is 0 Å². The summed E-state index contributed by atoms with van der Waals surface area (Å²) in [6, 6.07) is 29.2. The number of benzene rings is 4.